The summed E-state index contributed by atoms with van der Waals surface area (Å²) in [4.78, 5) is 26.3. The second-order valence-electron chi connectivity index (χ2n) is 6.41. The lowest BCUT2D eigenvalue weighted by molar-refractivity contribution is 0.189. The highest BCUT2D eigenvalue weighted by atomic mass is 16.2. The number of amides is 2. The first kappa shape index (κ1) is 16.2. The lowest BCUT2D eigenvalue weighted by atomic mass is 9.99. The molecule has 0 saturated heterocycles. The fourth-order valence-corrected chi connectivity index (χ4v) is 3.37. The molecular formula is C20H20N4O2. The Labute approximate surface area is 150 Å². The van der Waals surface area contributed by atoms with E-state index in [1.54, 1.807) is 4.90 Å². The zero-order valence-corrected chi connectivity index (χ0v) is 14.2. The van der Waals surface area contributed by atoms with Crippen molar-refractivity contribution in [1.29, 1.82) is 0 Å². The number of nitrogens with one attached hydrogen (secondary N) is 3. The molecule has 0 aliphatic carbocycles. The molecule has 6 heteroatoms. The summed E-state index contributed by atoms with van der Waals surface area (Å²) >= 11 is 0. The standard InChI is InChI=1S/C20H20N4O2/c25-19-16-11-12-24(13-17(16)22-23-19)20(26)21-18(14-7-3-1-4-8-14)15-9-5-2-6-10-15/h1-10,18H,11-13H2,(H,21,26)(H2,22,23,25). The normalized spacial score (nSPS) is 13.5. The lowest BCUT2D eigenvalue weighted by Crippen LogP contribution is -2.44. The van der Waals surface area contributed by atoms with Crippen LogP contribution in [0.25, 0.3) is 0 Å². The molecule has 132 valence electrons. The fraction of sp³-hybridized carbons (Fsp3) is 0.200. The summed E-state index contributed by atoms with van der Waals surface area (Å²) in [5.74, 6) is 0. The quantitative estimate of drug-likeness (QED) is 0.680. The van der Waals surface area contributed by atoms with Gasteiger partial charge in [0.05, 0.1) is 18.3 Å². The minimum absolute atomic E-state index is 0.0912. The first-order valence-electron chi connectivity index (χ1n) is 8.66. The Morgan fingerprint density at radius 3 is 2.19 bits per heavy atom. The third-order valence-electron chi connectivity index (χ3n) is 4.77. The summed E-state index contributed by atoms with van der Waals surface area (Å²) in [7, 11) is 0. The molecule has 4 rings (SSSR count). The van der Waals surface area contributed by atoms with E-state index < -0.39 is 0 Å². The molecule has 0 radical (unpaired) electrons. The van der Waals surface area contributed by atoms with Gasteiger partial charge in [0.25, 0.3) is 5.56 Å². The van der Waals surface area contributed by atoms with E-state index in [0.717, 1.165) is 22.4 Å². The van der Waals surface area contributed by atoms with E-state index in [1.165, 1.54) is 0 Å². The average Bonchev–Trinajstić information content (AvgIpc) is 3.07. The van der Waals surface area contributed by atoms with Crippen LogP contribution in [0.15, 0.2) is 65.5 Å². The van der Waals surface area contributed by atoms with Crippen LogP contribution in [-0.4, -0.2) is 27.7 Å². The van der Waals surface area contributed by atoms with E-state index in [0.29, 0.717) is 19.5 Å². The molecule has 0 fully saturated rings. The molecule has 2 aromatic carbocycles. The Balaban J connectivity index is 1.56. The zero-order chi connectivity index (χ0) is 17.9. The van der Waals surface area contributed by atoms with Crippen molar-refractivity contribution < 1.29 is 4.79 Å². The van der Waals surface area contributed by atoms with Gasteiger partial charge in [-0.05, 0) is 17.5 Å². The van der Waals surface area contributed by atoms with Crippen molar-refractivity contribution in [3.8, 4) is 0 Å². The van der Waals surface area contributed by atoms with Gasteiger partial charge in [0.2, 0.25) is 0 Å². The van der Waals surface area contributed by atoms with Gasteiger partial charge in [0, 0.05) is 12.1 Å². The van der Waals surface area contributed by atoms with Crippen LogP contribution in [0.2, 0.25) is 0 Å². The van der Waals surface area contributed by atoms with Gasteiger partial charge >= 0.3 is 6.03 Å². The predicted molar refractivity (Wildman–Crippen MR) is 98.8 cm³/mol. The molecule has 1 aromatic heterocycles. The first-order chi connectivity index (χ1) is 12.7. The molecular weight excluding hydrogens is 328 g/mol. The highest BCUT2D eigenvalue weighted by molar-refractivity contribution is 5.75. The van der Waals surface area contributed by atoms with Crippen LogP contribution >= 0.6 is 0 Å². The van der Waals surface area contributed by atoms with Crippen molar-refractivity contribution in [2.24, 2.45) is 0 Å². The summed E-state index contributed by atoms with van der Waals surface area (Å²) in [6.45, 7) is 0.923. The van der Waals surface area contributed by atoms with Crippen molar-refractivity contribution in [3.63, 3.8) is 0 Å². The second-order valence-corrected chi connectivity index (χ2v) is 6.41. The van der Waals surface area contributed by atoms with Crippen LogP contribution in [0.5, 0.6) is 0 Å². The number of nitrogens with zero attached hydrogens (tertiary/aromatic N) is 1. The molecule has 2 amide bonds. The van der Waals surface area contributed by atoms with Crippen molar-refractivity contribution in [2.75, 3.05) is 6.54 Å². The predicted octanol–water partition coefficient (Wildman–Crippen LogP) is 2.56. The molecule has 1 aliphatic heterocycles. The number of carbonyl (C=O) groups excluding carboxylic acids is 1. The Morgan fingerprint density at radius 2 is 1.58 bits per heavy atom. The lowest BCUT2D eigenvalue weighted by Gasteiger charge is -2.29. The van der Waals surface area contributed by atoms with Gasteiger partial charge in [-0.2, -0.15) is 0 Å². The third kappa shape index (κ3) is 3.13. The molecule has 3 N–H and O–H groups in total. The number of hydrogen-bond donors (Lipinski definition) is 3. The molecule has 3 aromatic rings. The van der Waals surface area contributed by atoms with Crippen molar-refractivity contribution in [2.45, 2.75) is 19.0 Å². The Kier molecular flexibility index (Phi) is 4.31. The van der Waals surface area contributed by atoms with E-state index in [-0.39, 0.29) is 17.6 Å². The minimum atomic E-state index is -0.225. The Morgan fingerprint density at radius 1 is 0.962 bits per heavy atom. The number of aromatic amines is 2. The summed E-state index contributed by atoms with van der Waals surface area (Å²) in [5, 5.41) is 8.60. The van der Waals surface area contributed by atoms with Gasteiger partial charge in [-0.3, -0.25) is 9.89 Å². The monoisotopic (exact) mass is 348 g/mol. The average molecular weight is 348 g/mol. The van der Waals surface area contributed by atoms with Gasteiger partial charge in [0.1, 0.15) is 0 Å². The molecule has 1 aliphatic rings. The highest BCUT2D eigenvalue weighted by Gasteiger charge is 2.26. The van der Waals surface area contributed by atoms with Gasteiger partial charge in [-0.1, -0.05) is 60.7 Å². The summed E-state index contributed by atoms with van der Waals surface area (Å²) in [6, 6.07) is 19.5. The van der Waals surface area contributed by atoms with Crippen molar-refractivity contribution in [3.05, 3.63) is 93.4 Å². The van der Waals surface area contributed by atoms with Crippen LogP contribution in [0.3, 0.4) is 0 Å². The number of fused-ring (bicyclic) bond motifs is 1. The molecule has 0 unspecified atom stereocenters. The van der Waals surface area contributed by atoms with Crippen LogP contribution in [-0.2, 0) is 13.0 Å². The number of rotatable bonds is 3. The molecule has 0 atom stereocenters. The highest BCUT2D eigenvalue weighted by Crippen LogP contribution is 2.23. The van der Waals surface area contributed by atoms with Crippen LogP contribution in [0.1, 0.15) is 28.4 Å². The van der Waals surface area contributed by atoms with E-state index in [9.17, 15) is 9.59 Å². The third-order valence-corrected chi connectivity index (χ3v) is 4.77. The van der Waals surface area contributed by atoms with Crippen LogP contribution in [0.4, 0.5) is 4.79 Å². The van der Waals surface area contributed by atoms with Gasteiger partial charge in [0.15, 0.2) is 0 Å². The number of H-pyrrole nitrogens is 2. The van der Waals surface area contributed by atoms with Gasteiger partial charge in [-0.15, -0.1) is 0 Å². The van der Waals surface area contributed by atoms with Crippen LogP contribution < -0.4 is 10.9 Å². The molecule has 0 bridgehead atoms. The number of benzene rings is 2. The van der Waals surface area contributed by atoms with Crippen LogP contribution in [0, 0.1) is 0 Å². The second kappa shape index (κ2) is 6.92. The maximum Gasteiger partial charge on any atom is 0.318 e. The molecule has 0 saturated carbocycles. The number of hydrogen-bond acceptors (Lipinski definition) is 2. The van der Waals surface area contributed by atoms with E-state index in [2.05, 4.69) is 15.5 Å². The van der Waals surface area contributed by atoms with Crippen molar-refractivity contribution in [1.82, 2.24) is 20.4 Å². The largest absolute Gasteiger partial charge is 0.327 e. The number of aromatic nitrogens is 2. The first-order valence-corrected chi connectivity index (χ1v) is 8.66. The number of carbonyl (C=O) groups is 1. The molecule has 2 heterocycles. The maximum absolute atomic E-state index is 12.9. The van der Waals surface area contributed by atoms with E-state index >= 15 is 0 Å². The smallest absolute Gasteiger partial charge is 0.318 e. The summed E-state index contributed by atoms with van der Waals surface area (Å²) in [5.41, 5.74) is 3.50. The minimum Gasteiger partial charge on any atom is -0.327 e. The molecule has 26 heavy (non-hydrogen) atoms. The molecule has 6 nitrogen and oxygen atoms in total. The van der Waals surface area contributed by atoms with Gasteiger partial charge < -0.3 is 15.3 Å². The molecule has 0 spiro atoms. The fourth-order valence-electron chi connectivity index (χ4n) is 3.37. The van der Waals surface area contributed by atoms with E-state index in [4.69, 9.17) is 0 Å². The van der Waals surface area contributed by atoms with Gasteiger partial charge in [-0.25, -0.2) is 4.79 Å². The topological polar surface area (TPSA) is 81.0 Å². The maximum atomic E-state index is 12.9. The Hall–Kier alpha value is -3.28. The number of urea groups is 1. The Bertz CT molecular complexity index is 907. The van der Waals surface area contributed by atoms with Crippen molar-refractivity contribution >= 4 is 6.03 Å². The zero-order valence-electron chi connectivity index (χ0n) is 14.2. The summed E-state index contributed by atoms with van der Waals surface area (Å²) in [6.07, 6.45) is 0.558. The van der Waals surface area contributed by atoms with E-state index in [1.807, 2.05) is 60.7 Å². The SMILES string of the molecule is O=C(NC(c1ccccc1)c1ccccc1)N1CCc2c([nH][nH]c2=O)C1. The summed E-state index contributed by atoms with van der Waals surface area (Å²) < 4.78 is 0.